The third-order valence-electron chi connectivity index (χ3n) is 9.48. The maximum Gasteiger partial charge on any atom is 0.248 e. The fraction of sp³-hybridized carbons (Fsp3) is 0.676. The van der Waals surface area contributed by atoms with Gasteiger partial charge >= 0.3 is 0 Å². The Kier molecular flexibility index (Phi) is 15.6. The van der Waals surface area contributed by atoms with Crippen LogP contribution in [0, 0.1) is 0 Å². The molecular formula is C34H54N10O6S. The molecule has 282 valence electrons. The molecule has 16 nitrogen and oxygen atoms in total. The van der Waals surface area contributed by atoms with Crippen molar-refractivity contribution in [3.05, 3.63) is 30.3 Å². The van der Waals surface area contributed by atoms with Gasteiger partial charge in [0.05, 0.1) is 50.1 Å². The second kappa shape index (κ2) is 19.8. The highest BCUT2D eigenvalue weighted by molar-refractivity contribution is 7.99. The Labute approximate surface area is 304 Å². The molecule has 7 atom stereocenters. The molecule has 7 unspecified atom stereocenters. The Morgan fingerprint density at radius 2 is 1.39 bits per heavy atom. The van der Waals surface area contributed by atoms with Crippen LogP contribution in [0.2, 0.25) is 0 Å². The predicted octanol–water partition coefficient (Wildman–Crippen LogP) is 0.433. The molecule has 2 aromatic rings. The minimum atomic E-state index is -0.967. The van der Waals surface area contributed by atoms with Crippen molar-refractivity contribution in [3.8, 4) is 0 Å². The van der Waals surface area contributed by atoms with Crippen LogP contribution in [0.3, 0.4) is 0 Å². The summed E-state index contributed by atoms with van der Waals surface area (Å²) in [6, 6.07) is 6.79. The number of hydrogen-bond donors (Lipinski definition) is 4. The summed E-state index contributed by atoms with van der Waals surface area (Å²) in [6.07, 6.45) is 2.06. The second-order valence-electron chi connectivity index (χ2n) is 13.1. The van der Waals surface area contributed by atoms with E-state index in [0.717, 1.165) is 30.6 Å². The van der Waals surface area contributed by atoms with Crippen LogP contribution in [0.1, 0.15) is 53.4 Å². The van der Waals surface area contributed by atoms with E-state index in [1.165, 1.54) is 11.8 Å². The Bertz CT molecular complexity index is 1430. The van der Waals surface area contributed by atoms with Crippen LogP contribution in [0.4, 0.5) is 0 Å². The zero-order valence-electron chi connectivity index (χ0n) is 30.5. The molecule has 0 spiro atoms. The highest BCUT2D eigenvalue weighted by atomic mass is 32.2. The molecule has 0 radical (unpaired) electrons. The van der Waals surface area contributed by atoms with E-state index in [4.69, 9.17) is 9.47 Å². The second-order valence-corrected chi connectivity index (χ2v) is 14.1. The van der Waals surface area contributed by atoms with Gasteiger partial charge in [-0.3, -0.25) is 19.2 Å². The van der Waals surface area contributed by atoms with Gasteiger partial charge in [0.15, 0.2) is 0 Å². The molecular weight excluding hydrogens is 677 g/mol. The first-order valence-corrected chi connectivity index (χ1v) is 18.6. The average molecular weight is 731 g/mol. The van der Waals surface area contributed by atoms with E-state index in [1.807, 2.05) is 30.3 Å². The average Bonchev–Trinajstić information content (AvgIpc) is 3.94. The lowest BCUT2D eigenvalue weighted by Gasteiger charge is -2.33. The molecule has 2 aliphatic rings. The van der Waals surface area contributed by atoms with Gasteiger partial charge in [-0.15, -0.1) is 5.10 Å². The quantitative estimate of drug-likeness (QED) is 0.147. The Morgan fingerprint density at radius 3 is 1.96 bits per heavy atom. The van der Waals surface area contributed by atoms with Gasteiger partial charge in [0.25, 0.3) is 0 Å². The molecule has 3 heterocycles. The minimum absolute atomic E-state index is 0.0896. The minimum Gasteiger partial charge on any atom is -0.373 e. The molecule has 1 aromatic carbocycles. The van der Waals surface area contributed by atoms with Gasteiger partial charge in [-0.05, 0) is 102 Å². The molecule has 2 fully saturated rings. The number of carbonyl (C=O) groups excluding carboxylic acids is 4. The van der Waals surface area contributed by atoms with Crippen molar-refractivity contribution in [2.24, 2.45) is 0 Å². The fourth-order valence-electron chi connectivity index (χ4n) is 6.05. The maximum absolute atomic E-state index is 14.2. The van der Waals surface area contributed by atoms with Crippen molar-refractivity contribution < 1.29 is 28.7 Å². The van der Waals surface area contributed by atoms with E-state index in [2.05, 4.69) is 36.8 Å². The number of tetrazole rings is 1. The SMILES string of the molecule is CNC(C)C(=O)NC(C(=O)N1CCCC1)C(C)OCCOC(C)C(NC(=O)C(C)NC)C(=O)N1CCCC1Cn1nnnc1Sc1ccccc1. The van der Waals surface area contributed by atoms with Gasteiger partial charge in [0, 0.05) is 24.5 Å². The van der Waals surface area contributed by atoms with Gasteiger partial charge in [0.1, 0.15) is 12.1 Å². The number of amides is 4. The first-order chi connectivity index (χ1) is 24.5. The van der Waals surface area contributed by atoms with Crippen molar-refractivity contribution >= 4 is 35.4 Å². The van der Waals surface area contributed by atoms with Gasteiger partial charge in [0.2, 0.25) is 28.8 Å². The van der Waals surface area contributed by atoms with Crippen molar-refractivity contribution in [1.82, 2.24) is 51.3 Å². The molecule has 0 bridgehead atoms. The topological polar surface area (TPSA) is 185 Å². The van der Waals surface area contributed by atoms with E-state index in [-0.39, 0.29) is 42.9 Å². The first-order valence-electron chi connectivity index (χ1n) is 17.8. The summed E-state index contributed by atoms with van der Waals surface area (Å²) in [5.41, 5.74) is 0. The van der Waals surface area contributed by atoms with E-state index >= 15 is 0 Å². The van der Waals surface area contributed by atoms with Crippen LogP contribution in [0.15, 0.2) is 40.4 Å². The number of nitrogens with one attached hydrogen (secondary N) is 4. The molecule has 17 heteroatoms. The van der Waals surface area contributed by atoms with Crippen LogP contribution in [0.5, 0.6) is 0 Å². The van der Waals surface area contributed by atoms with Crippen molar-refractivity contribution in [3.63, 3.8) is 0 Å². The number of aromatic nitrogens is 4. The Hall–Kier alpha value is -3.64. The molecule has 0 aliphatic carbocycles. The smallest absolute Gasteiger partial charge is 0.248 e. The zero-order valence-corrected chi connectivity index (χ0v) is 31.4. The number of likely N-dealkylation sites (tertiary alicyclic amines) is 2. The van der Waals surface area contributed by atoms with Crippen LogP contribution >= 0.6 is 11.8 Å². The largest absolute Gasteiger partial charge is 0.373 e. The molecule has 4 N–H and O–H groups in total. The zero-order chi connectivity index (χ0) is 36.9. The predicted molar refractivity (Wildman–Crippen MR) is 191 cm³/mol. The molecule has 0 saturated carbocycles. The van der Waals surface area contributed by atoms with Crippen molar-refractivity contribution in [2.75, 3.05) is 46.9 Å². The number of carbonyl (C=O) groups is 4. The van der Waals surface area contributed by atoms with Crippen molar-refractivity contribution in [1.29, 1.82) is 0 Å². The van der Waals surface area contributed by atoms with Gasteiger partial charge in [-0.2, -0.15) is 0 Å². The van der Waals surface area contributed by atoms with Gasteiger partial charge in [-0.1, -0.05) is 18.2 Å². The summed E-state index contributed by atoms with van der Waals surface area (Å²) >= 11 is 1.45. The molecule has 2 aliphatic heterocycles. The summed E-state index contributed by atoms with van der Waals surface area (Å²) in [6.45, 7) is 9.35. The summed E-state index contributed by atoms with van der Waals surface area (Å²) < 4.78 is 13.9. The van der Waals surface area contributed by atoms with E-state index < -0.39 is 36.4 Å². The summed E-state index contributed by atoms with van der Waals surface area (Å²) in [5.74, 6) is -1.05. The fourth-order valence-corrected chi connectivity index (χ4v) is 6.84. The molecule has 2 saturated heterocycles. The molecule has 4 rings (SSSR count). The number of hydrogen-bond acceptors (Lipinski definition) is 12. The number of rotatable bonds is 19. The summed E-state index contributed by atoms with van der Waals surface area (Å²) in [4.78, 5) is 57.9. The van der Waals surface area contributed by atoms with E-state index in [0.29, 0.717) is 31.3 Å². The van der Waals surface area contributed by atoms with Crippen LogP contribution in [-0.2, 0) is 35.2 Å². The molecule has 1 aromatic heterocycles. The Balaban J connectivity index is 1.39. The maximum atomic E-state index is 14.2. The van der Waals surface area contributed by atoms with E-state index in [9.17, 15) is 19.2 Å². The van der Waals surface area contributed by atoms with Gasteiger partial charge < -0.3 is 40.5 Å². The van der Waals surface area contributed by atoms with Crippen LogP contribution < -0.4 is 21.3 Å². The highest BCUT2D eigenvalue weighted by Gasteiger charge is 2.38. The lowest BCUT2D eigenvalue weighted by molar-refractivity contribution is -0.144. The molecule has 4 amide bonds. The van der Waals surface area contributed by atoms with Gasteiger partial charge in [-0.25, -0.2) is 4.68 Å². The summed E-state index contributed by atoms with van der Waals surface area (Å²) in [5, 5.41) is 24.5. The molecule has 51 heavy (non-hydrogen) atoms. The Morgan fingerprint density at radius 1 is 0.824 bits per heavy atom. The van der Waals surface area contributed by atoms with Crippen LogP contribution in [0.25, 0.3) is 0 Å². The van der Waals surface area contributed by atoms with Crippen molar-refractivity contribution in [2.45, 2.75) is 112 Å². The third kappa shape index (κ3) is 11.2. The van der Waals surface area contributed by atoms with Crippen LogP contribution in [-0.4, -0.2) is 143 Å². The number of likely N-dealkylation sites (N-methyl/N-ethyl adjacent to an activating group) is 2. The number of nitrogens with zero attached hydrogens (tertiary/aromatic N) is 6. The monoisotopic (exact) mass is 730 g/mol. The van der Waals surface area contributed by atoms with E-state index in [1.54, 1.807) is 56.3 Å². The lowest BCUT2D eigenvalue weighted by atomic mass is 10.1. The first kappa shape index (κ1) is 40.1. The normalized spacial score (nSPS) is 19.6. The number of ether oxygens (including phenoxy) is 2. The highest BCUT2D eigenvalue weighted by Crippen LogP contribution is 2.27. The summed E-state index contributed by atoms with van der Waals surface area (Å²) in [7, 11) is 3.36. The number of benzene rings is 1. The third-order valence-corrected chi connectivity index (χ3v) is 10.5. The standard InChI is InChI=1S/C34H54N10O6S/c1-22(35-5)30(45)37-28(32(47)42-16-10-11-17-42)24(3)49-19-20-50-25(4)29(38-31(46)23(2)36-6)33(48)43-18-12-13-26(43)21-44-34(39-40-41-44)51-27-14-8-7-9-15-27/h7-9,14-15,22-26,28-29,35-36H,10-13,16-21H2,1-6H3,(H,37,45)(H,38,46). The lowest BCUT2D eigenvalue weighted by Crippen LogP contribution is -2.58.